The Balaban J connectivity index is 3.63. The number of hydrogen-bond donors (Lipinski definition) is 1. The van der Waals surface area contributed by atoms with Crippen LogP contribution in [0.25, 0.3) is 0 Å². The number of amides is 1. The summed E-state index contributed by atoms with van der Waals surface area (Å²) in [5.74, 6) is -0.837. The predicted octanol–water partition coefficient (Wildman–Crippen LogP) is 7.42. The van der Waals surface area contributed by atoms with E-state index >= 15 is 0 Å². The van der Waals surface area contributed by atoms with Gasteiger partial charge < -0.3 is 4.84 Å². The number of hydrogen-bond acceptors (Lipinski definition) is 3. The summed E-state index contributed by atoms with van der Waals surface area (Å²) in [5.41, 5.74) is 2.58. The normalized spacial score (nSPS) is 11.8. The Morgan fingerprint density at radius 2 is 1.17 bits per heavy atom. The lowest BCUT2D eigenvalue weighted by atomic mass is 9.95. The van der Waals surface area contributed by atoms with Gasteiger partial charge in [0.15, 0.2) is 0 Å². The first-order chi connectivity index (χ1) is 14.0. The van der Waals surface area contributed by atoms with Crippen molar-refractivity contribution in [1.82, 2.24) is 5.48 Å². The van der Waals surface area contributed by atoms with Crippen molar-refractivity contribution in [3.63, 3.8) is 0 Å². The molecule has 0 saturated carbocycles. The number of hydroxylamine groups is 1. The van der Waals surface area contributed by atoms with Crippen molar-refractivity contribution in [3.8, 4) is 0 Å². The molecule has 1 N–H and O–H groups in total. The minimum Gasteiger partial charge on any atom is -0.336 e. The first kappa shape index (κ1) is 27.7. The van der Waals surface area contributed by atoms with Crippen molar-refractivity contribution in [2.75, 3.05) is 0 Å². The van der Waals surface area contributed by atoms with E-state index in [2.05, 4.69) is 25.9 Å². The van der Waals surface area contributed by atoms with Crippen LogP contribution in [-0.2, 0) is 14.4 Å². The molecule has 0 bridgehead atoms. The first-order valence-corrected chi connectivity index (χ1v) is 12.2. The van der Waals surface area contributed by atoms with Crippen LogP contribution in [0.3, 0.4) is 0 Å². The lowest BCUT2D eigenvalue weighted by Crippen LogP contribution is -2.33. The fourth-order valence-electron chi connectivity index (χ4n) is 3.61. The van der Waals surface area contributed by atoms with E-state index in [0.717, 1.165) is 25.7 Å². The number of nitrogens with one attached hydrogen (secondary N) is 1. The summed E-state index contributed by atoms with van der Waals surface area (Å²) in [5, 5.41) is 0. The van der Waals surface area contributed by atoms with Crippen LogP contribution < -0.4 is 5.48 Å². The van der Waals surface area contributed by atoms with Crippen LogP contribution in [0.15, 0.2) is 12.2 Å². The van der Waals surface area contributed by atoms with Gasteiger partial charge in [-0.1, -0.05) is 117 Å². The second-order valence-corrected chi connectivity index (χ2v) is 8.51. The summed E-state index contributed by atoms with van der Waals surface area (Å²) in [4.78, 5) is 28.4. The van der Waals surface area contributed by atoms with Crippen molar-refractivity contribution in [3.05, 3.63) is 12.2 Å². The average molecular weight is 410 g/mol. The molecule has 0 aliphatic carbocycles. The first-order valence-electron chi connectivity index (χ1n) is 12.2. The number of rotatable bonds is 19. The lowest BCUT2D eigenvalue weighted by Gasteiger charge is -2.15. The Morgan fingerprint density at radius 3 is 1.59 bits per heavy atom. The molecule has 4 nitrogen and oxygen atoms in total. The molecule has 0 rings (SSSR count). The summed E-state index contributed by atoms with van der Waals surface area (Å²) >= 11 is 0. The van der Waals surface area contributed by atoms with E-state index in [-0.39, 0.29) is 17.4 Å². The molecular weight excluding hydrogens is 362 g/mol. The van der Waals surface area contributed by atoms with Crippen LogP contribution in [-0.4, -0.2) is 11.9 Å². The fraction of sp³-hybridized carbons (Fsp3) is 0.840. The van der Waals surface area contributed by atoms with Crippen LogP contribution in [0, 0.1) is 5.92 Å². The highest BCUT2D eigenvalue weighted by Gasteiger charge is 2.18. The second kappa shape index (κ2) is 20.0. The molecule has 0 radical (unpaired) electrons. The van der Waals surface area contributed by atoms with Crippen LogP contribution in [0.2, 0.25) is 0 Å². The van der Waals surface area contributed by atoms with Gasteiger partial charge in [0, 0.05) is 11.5 Å². The zero-order valence-electron chi connectivity index (χ0n) is 19.5. The van der Waals surface area contributed by atoms with Gasteiger partial charge in [-0.05, 0) is 19.8 Å². The van der Waals surface area contributed by atoms with Gasteiger partial charge in [-0.2, -0.15) is 5.48 Å². The Hall–Kier alpha value is -1.32. The molecule has 0 saturated heterocycles. The van der Waals surface area contributed by atoms with E-state index < -0.39 is 5.97 Å². The van der Waals surface area contributed by atoms with Crippen LogP contribution in [0.5, 0.6) is 0 Å². The van der Waals surface area contributed by atoms with E-state index in [1.54, 1.807) is 6.92 Å². The zero-order valence-corrected chi connectivity index (χ0v) is 19.5. The van der Waals surface area contributed by atoms with Crippen LogP contribution in [0.4, 0.5) is 0 Å². The molecule has 0 aliphatic heterocycles. The minimum atomic E-state index is -0.579. The third kappa shape index (κ3) is 17.3. The van der Waals surface area contributed by atoms with E-state index in [1.807, 2.05) is 0 Å². The molecular formula is C25H47NO3. The molecule has 1 amide bonds. The molecule has 29 heavy (non-hydrogen) atoms. The van der Waals surface area contributed by atoms with Crippen molar-refractivity contribution in [2.24, 2.45) is 5.92 Å². The van der Waals surface area contributed by atoms with Gasteiger partial charge in [0.1, 0.15) is 0 Å². The Kier molecular flexibility index (Phi) is 19.1. The molecule has 0 spiro atoms. The molecule has 0 aromatic rings. The van der Waals surface area contributed by atoms with E-state index in [0.29, 0.717) is 0 Å². The Bertz CT molecular complexity index is 434. The summed E-state index contributed by atoms with van der Waals surface area (Å²) < 4.78 is 0. The highest BCUT2D eigenvalue weighted by atomic mass is 16.7. The monoisotopic (exact) mass is 409 g/mol. The van der Waals surface area contributed by atoms with Crippen molar-refractivity contribution >= 4 is 11.9 Å². The zero-order chi connectivity index (χ0) is 21.7. The fourth-order valence-corrected chi connectivity index (χ4v) is 3.61. The van der Waals surface area contributed by atoms with Gasteiger partial charge >= 0.3 is 5.97 Å². The molecule has 0 aliphatic rings. The quantitative estimate of drug-likeness (QED) is 0.137. The smallest absolute Gasteiger partial charge is 0.336 e. The van der Waals surface area contributed by atoms with E-state index in [4.69, 9.17) is 4.84 Å². The molecule has 0 heterocycles. The van der Waals surface area contributed by atoms with Gasteiger partial charge in [-0.25, -0.2) is 4.79 Å². The summed E-state index contributed by atoms with van der Waals surface area (Å²) in [6.45, 7) is 9.41. The average Bonchev–Trinajstić information content (AvgIpc) is 2.71. The number of carbonyl (C=O) groups is 2. The molecule has 0 fully saturated rings. The lowest BCUT2D eigenvalue weighted by molar-refractivity contribution is -0.156. The maximum absolute atomic E-state index is 12.2. The largest absolute Gasteiger partial charge is 0.358 e. The van der Waals surface area contributed by atoms with Crippen molar-refractivity contribution in [2.45, 2.75) is 130 Å². The molecule has 0 aromatic carbocycles. The highest BCUT2D eigenvalue weighted by molar-refractivity contribution is 5.88. The van der Waals surface area contributed by atoms with Gasteiger partial charge in [0.05, 0.1) is 0 Å². The highest BCUT2D eigenvalue weighted by Crippen LogP contribution is 2.18. The molecule has 0 aromatic heterocycles. The van der Waals surface area contributed by atoms with Gasteiger partial charge in [-0.3, -0.25) is 4.79 Å². The molecule has 4 heteroatoms. The minimum absolute atomic E-state index is 0.0738. The van der Waals surface area contributed by atoms with Crippen molar-refractivity contribution in [1.29, 1.82) is 0 Å². The van der Waals surface area contributed by atoms with Crippen molar-refractivity contribution < 1.29 is 14.4 Å². The Labute approximate surface area is 180 Å². The predicted molar refractivity (Wildman–Crippen MR) is 122 cm³/mol. The van der Waals surface area contributed by atoms with Crippen LogP contribution >= 0.6 is 0 Å². The van der Waals surface area contributed by atoms with Gasteiger partial charge in [0.25, 0.3) is 5.91 Å². The van der Waals surface area contributed by atoms with Gasteiger partial charge in [0.2, 0.25) is 0 Å². The topological polar surface area (TPSA) is 55.4 Å². The summed E-state index contributed by atoms with van der Waals surface area (Å²) in [7, 11) is 0. The maximum atomic E-state index is 12.2. The van der Waals surface area contributed by atoms with Gasteiger partial charge in [-0.15, -0.1) is 0 Å². The third-order valence-corrected chi connectivity index (χ3v) is 5.51. The van der Waals surface area contributed by atoms with E-state index in [9.17, 15) is 9.59 Å². The third-order valence-electron chi connectivity index (χ3n) is 5.51. The second-order valence-electron chi connectivity index (χ2n) is 8.51. The number of unbranched alkanes of at least 4 members (excludes halogenated alkanes) is 13. The molecule has 1 unspecified atom stereocenters. The van der Waals surface area contributed by atoms with Crippen LogP contribution in [0.1, 0.15) is 130 Å². The summed E-state index contributed by atoms with van der Waals surface area (Å²) in [6.07, 6.45) is 21.3. The standard InChI is InChI=1S/C25H47NO3/c1-5-7-8-9-10-11-12-13-14-15-16-17-18-19-21-23(20-6-2)24(27)26-29-25(28)22(3)4/h23H,3,5-21H2,1-2,4H3,(H,26,27). The Morgan fingerprint density at radius 1 is 0.724 bits per heavy atom. The molecule has 170 valence electrons. The van der Waals surface area contributed by atoms with E-state index in [1.165, 1.54) is 83.5 Å². The maximum Gasteiger partial charge on any atom is 0.358 e. The SMILES string of the molecule is C=C(C)C(=O)ONC(=O)C(CCC)CCCCCCCCCCCCCCCC. The number of carbonyl (C=O) groups excluding carboxylic acids is 2. The molecule has 1 atom stereocenters. The summed E-state index contributed by atoms with van der Waals surface area (Å²) in [6, 6.07) is 0.